The van der Waals surface area contributed by atoms with Gasteiger partial charge in [-0.2, -0.15) is 0 Å². The number of rotatable bonds is 4. The Morgan fingerprint density at radius 2 is 0.887 bits per heavy atom. The van der Waals surface area contributed by atoms with Crippen molar-refractivity contribution in [3.63, 3.8) is 0 Å². The molecule has 1 nitrogen and oxygen atoms in total. The molecule has 1 heteroatoms. The molecule has 1 unspecified atom stereocenters. The third-order valence-corrected chi connectivity index (χ3v) is 12.3. The first-order valence-corrected chi connectivity index (χ1v) is 18.7. The van der Waals surface area contributed by atoms with E-state index in [1.165, 1.54) is 77.9 Å². The van der Waals surface area contributed by atoms with E-state index in [0.717, 1.165) is 17.1 Å². The van der Waals surface area contributed by atoms with E-state index in [0.29, 0.717) is 0 Å². The van der Waals surface area contributed by atoms with Crippen LogP contribution in [0, 0.1) is 0 Å². The van der Waals surface area contributed by atoms with Crippen molar-refractivity contribution in [2.75, 3.05) is 4.90 Å². The average molecular weight is 676 g/mol. The fraction of sp³-hybridized carbons (Fsp3) is 0.0769. The number of benzene rings is 8. The summed E-state index contributed by atoms with van der Waals surface area (Å²) in [6.07, 6.45) is 0. The first-order valence-electron chi connectivity index (χ1n) is 18.7. The van der Waals surface area contributed by atoms with Crippen LogP contribution in [0.1, 0.15) is 47.2 Å². The van der Waals surface area contributed by atoms with Crippen molar-refractivity contribution in [3.05, 3.63) is 221 Å². The average Bonchev–Trinajstić information content (AvgIpc) is 3.77. The molecule has 0 aliphatic heterocycles. The smallest absolute Gasteiger partial charge is 0.0726 e. The minimum absolute atomic E-state index is 0.135. The second kappa shape index (κ2) is 11.0. The van der Waals surface area contributed by atoms with Crippen LogP contribution in [-0.2, 0) is 10.8 Å². The number of nitrogens with zero attached hydrogens (tertiary/aromatic N) is 1. The number of anilines is 3. The van der Waals surface area contributed by atoms with Crippen LogP contribution in [0.5, 0.6) is 0 Å². The molecule has 1 atom stereocenters. The molecule has 53 heavy (non-hydrogen) atoms. The predicted octanol–water partition coefficient (Wildman–Crippen LogP) is 13.5. The highest BCUT2D eigenvalue weighted by Crippen LogP contribution is 2.66. The second-order valence-electron chi connectivity index (χ2n) is 15.2. The van der Waals surface area contributed by atoms with Gasteiger partial charge in [0.15, 0.2) is 0 Å². The number of hydrogen-bond donors (Lipinski definition) is 0. The molecule has 0 amide bonds. The predicted molar refractivity (Wildman–Crippen MR) is 220 cm³/mol. The SMILES string of the molecule is CC1(C)c2ccccc2-c2ccc3c(c21)-c1ccccc1C31c2ccccc2-c2ccc(N(c3ccccc3)c3ccccc3-c3ccccc3)cc21. The molecule has 250 valence electrons. The van der Waals surface area contributed by atoms with Gasteiger partial charge in [0, 0.05) is 22.4 Å². The highest BCUT2D eigenvalue weighted by atomic mass is 15.1. The van der Waals surface area contributed by atoms with E-state index in [1.54, 1.807) is 0 Å². The minimum Gasteiger partial charge on any atom is -0.310 e. The third kappa shape index (κ3) is 3.97. The van der Waals surface area contributed by atoms with Gasteiger partial charge < -0.3 is 4.90 Å². The van der Waals surface area contributed by atoms with E-state index >= 15 is 0 Å². The molecule has 0 aromatic heterocycles. The Bertz CT molecular complexity index is 2760. The molecule has 0 saturated carbocycles. The summed E-state index contributed by atoms with van der Waals surface area (Å²) in [4.78, 5) is 2.45. The summed E-state index contributed by atoms with van der Waals surface area (Å²) >= 11 is 0. The Kier molecular flexibility index (Phi) is 6.29. The van der Waals surface area contributed by atoms with Crippen molar-refractivity contribution in [2.24, 2.45) is 0 Å². The molecule has 0 radical (unpaired) electrons. The van der Waals surface area contributed by atoms with Gasteiger partial charge in [-0.1, -0.05) is 172 Å². The summed E-state index contributed by atoms with van der Waals surface area (Å²) in [6, 6.07) is 69.9. The third-order valence-electron chi connectivity index (χ3n) is 12.3. The zero-order chi connectivity index (χ0) is 35.3. The lowest BCUT2D eigenvalue weighted by atomic mass is 9.69. The van der Waals surface area contributed by atoms with Crippen LogP contribution >= 0.6 is 0 Å². The van der Waals surface area contributed by atoms with E-state index in [2.05, 4.69) is 207 Å². The van der Waals surface area contributed by atoms with Crippen molar-refractivity contribution in [1.29, 1.82) is 0 Å². The topological polar surface area (TPSA) is 3.24 Å². The molecule has 3 aliphatic rings. The second-order valence-corrected chi connectivity index (χ2v) is 15.2. The monoisotopic (exact) mass is 675 g/mol. The van der Waals surface area contributed by atoms with E-state index in [-0.39, 0.29) is 5.41 Å². The molecule has 0 bridgehead atoms. The fourth-order valence-electron chi connectivity index (χ4n) is 10.2. The van der Waals surface area contributed by atoms with E-state index in [4.69, 9.17) is 0 Å². The van der Waals surface area contributed by atoms with Crippen LogP contribution in [0.2, 0.25) is 0 Å². The molecule has 0 saturated heterocycles. The number of fused-ring (bicyclic) bond motifs is 14. The summed E-state index contributed by atoms with van der Waals surface area (Å²) in [6.45, 7) is 4.84. The van der Waals surface area contributed by atoms with E-state index < -0.39 is 5.41 Å². The normalized spacial score (nSPS) is 16.3. The molecule has 8 aromatic carbocycles. The largest absolute Gasteiger partial charge is 0.310 e. The Morgan fingerprint density at radius 1 is 0.358 bits per heavy atom. The minimum atomic E-state index is -0.463. The van der Waals surface area contributed by atoms with Crippen molar-refractivity contribution in [1.82, 2.24) is 0 Å². The highest BCUT2D eigenvalue weighted by Gasteiger charge is 2.54. The van der Waals surface area contributed by atoms with Gasteiger partial charge in [0.05, 0.1) is 11.1 Å². The van der Waals surface area contributed by atoms with Crippen molar-refractivity contribution in [2.45, 2.75) is 24.7 Å². The first kappa shape index (κ1) is 30.2. The summed E-state index contributed by atoms with van der Waals surface area (Å²) in [5.74, 6) is 0. The molecule has 0 N–H and O–H groups in total. The van der Waals surface area contributed by atoms with Gasteiger partial charge in [-0.3, -0.25) is 0 Å². The van der Waals surface area contributed by atoms with Gasteiger partial charge in [0.2, 0.25) is 0 Å². The molecule has 0 fully saturated rings. The van der Waals surface area contributed by atoms with Gasteiger partial charge in [0.1, 0.15) is 0 Å². The fourth-order valence-corrected chi connectivity index (χ4v) is 10.2. The summed E-state index contributed by atoms with van der Waals surface area (Å²) in [5.41, 5.74) is 21.6. The molecular weight excluding hydrogens is 639 g/mol. The lowest BCUT2D eigenvalue weighted by Gasteiger charge is -2.33. The van der Waals surface area contributed by atoms with Gasteiger partial charge in [-0.15, -0.1) is 0 Å². The van der Waals surface area contributed by atoms with Crippen LogP contribution in [0.4, 0.5) is 17.1 Å². The summed E-state index contributed by atoms with van der Waals surface area (Å²) < 4.78 is 0. The van der Waals surface area contributed by atoms with Gasteiger partial charge >= 0.3 is 0 Å². The maximum absolute atomic E-state index is 2.50. The zero-order valence-electron chi connectivity index (χ0n) is 29.8. The van der Waals surface area contributed by atoms with Crippen LogP contribution in [0.15, 0.2) is 188 Å². The molecule has 3 aliphatic carbocycles. The Hall–Kier alpha value is -6.44. The number of para-hydroxylation sites is 2. The molecule has 11 rings (SSSR count). The Balaban J connectivity index is 1.22. The maximum Gasteiger partial charge on any atom is 0.0726 e. The highest BCUT2D eigenvalue weighted by molar-refractivity contribution is 6.01. The lowest BCUT2D eigenvalue weighted by molar-refractivity contribution is 0.660. The van der Waals surface area contributed by atoms with Crippen LogP contribution in [0.3, 0.4) is 0 Å². The summed E-state index contributed by atoms with van der Waals surface area (Å²) in [7, 11) is 0. The number of hydrogen-bond acceptors (Lipinski definition) is 1. The van der Waals surface area contributed by atoms with Crippen LogP contribution in [0.25, 0.3) is 44.5 Å². The van der Waals surface area contributed by atoms with Crippen molar-refractivity contribution >= 4 is 17.1 Å². The van der Waals surface area contributed by atoms with Crippen LogP contribution < -0.4 is 4.90 Å². The van der Waals surface area contributed by atoms with Gasteiger partial charge in [-0.05, 0) is 103 Å². The summed E-state index contributed by atoms with van der Waals surface area (Å²) in [5, 5.41) is 0. The Morgan fingerprint density at radius 3 is 1.62 bits per heavy atom. The Labute approximate surface area is 311 Å². The lowest BCUT2D eigenvalue weighted by Crippen LogP contribution is -2.26. The van der Waals surface area contributed by atoms with Crippen molar-refractivity contribution < 1.29 is 0 Å². The molecular formula is C52H37N. The van der Waals surface area contributed by atoms with Crippen LogP contribution in [-0.4, -0.2) is 0 Å². The van der Waals surface area contributed by atoms with E-state index in [1.807, 2.05) is 0 Å². The molecule has 0 heterocycles. The molecule has 8 aromatic rings. The first-order chi connectivity index (χ1) is 26.1. The maximum atomic E-state index is 2.50. The van der Waals surface area contributed by atoms with Crippen molar-refractivity contribution in [3.8, 4) is 44.5 Å². The standard InChI is InChI=1S/C52H37N/c1-51(2)43-25-13-9-23-39(43)41-31-32-46-49(50(41)51)42-24-11-15-27-45(42)52(46)44-26-14-10-22-38(44)40-30-29-36(33-47(40)52)53(35-19-7-4-8-20-35)48-28-16-12-21-37(48)34-17-5-3-6-18-34/h3-33H,1-2H3. The van der Waals surface area contributed by atoms with Gasteiger partial charge in [-0.25, -0.2) is 0 Å². The molecule has 1 spiro atoms. The quantitative estimate of drug-likeness (QED) is 0.179. The zero-order valence-corrected chi connectivity index (χ0v) is 29.8. The van der Waals surface area contributed by atoms with E-state index in [9.17, 15) is 0 Å². The van der Waals surface area contributed by atoms with Gasteiger partial charge in [0.25, 0.3) is 0 Å².